The standard InChI is InChI=1S/C17H27NO2S/c1-3-13-6-7-15-14(9-13)10-16(21-15)17(20)18-8-4-5-12(2)11-19/h10,12-13,19H,3-9,11H2,1-2H3,(H,18,20). The van der Waals surface area contributed by atoms with Crippen LogP contribution in [0.5, 0.6) is 0 Å². The summed E-state index contributed by atoms with van der Waals surface area (Å²) in [5, 5.41) is 12.0. The van der Waals surface area contributed by atoms with Gasteiger partial charge in [0.1, 0.15) is 0 Å². The van der Waals surface area contributed by atoms with Gasteiger partial charge in [-0.3, -0.25) is 4.79 Å². The number of thiophene rings is 1. The van der Waals surface area contributed by atoms with Crippen molar-refractivity contribution < 1.29 is 9.90 Å². The first-order valence-corrected chi connectivity index (χ1v) is 8.96. The maximum atomic E-state index is 12.2. The molecule has 1 aromatic heterocycles. The van der Waals surface area contributed by atoms with E-state index in [1.807, 2.05) is 6.92 Å². The van der Waals surface area contributed by atoms with Crippen molar-refractivity contribution in [2.75, 3.05) is 13.2 Å². The maximum absolute atomic E-state index is 12.2. The number of carbonyl (C=O) groups excluding carboxylic acids is 1. The fourth-order valence-corrected chi connectivity index (χ4v) is 4.02. The van der Waals surface area contributed by atoms with Crippen molar-refractivity contribution in [2.45, 2.75) is 52.4 Å². The molecule has 1 aliphatic rings. The summed E-state index contributed by atoms with van der Waals surface area (Å²) in [5.41, 5.74) is 1.40. The van der Waals surface area contributed by atoms with Crippen LogP contribution in [0.2, 0.25) is 0 Å². The Balaban J connectivity index is 1.82. The molecule has 0 saturated carbocycles. The quantitative estimate of drug-likeness (QED) is 0.758. The Morgan fingerprint density at radius 1 is 1.57 bits per heavy atom. The molecule has 3 nitrogen and oxygen atoms in total. The van der Waals surface area contributed by atoms with Gasteiger partial charge in [-0.15, -0.1) is 11.3 Å². The summed E-state index contributed by atoms with van der Waals surface area (Å²) in [4.78, 5) is 14.5. The highest BCUT2D eigenvalue weighted by Gasteiger charge is 2.21. The van der Waals surface area contributed by atoms with Gasteiger partial charge >= 0.3 is 0 Å². The lowest BCUT2D eigenvalue weighted by Crippen LogP contribution is -2.24. The summed E-state index contributed by atoms with van der Waals surface area (Å²) in [7, 11) is 0. The smallest absolute Gasteiger partial charge is 0.261 e. The van der Waals surface area contributed by atoms with Gasteiger partial charge in [0.25, 0.3) is 5.91 Å². The van der Waals surface area contributed by atoms with Gasteiger partial charge in [-0.2, -0.15) is 0 Å². The molecule has 0 radical (unpaired) electrons. The average molecular weight is 309 g/mol. The van der Waals surface area contributed by atoms with E-state index in [0.29, 0.717) is 12.5 Å². The Hall–Kier alpha value is -0.870. The van der Waals surface area contributed by atoms with Crippen molar-refractivity contribution in [3.8, 4) is 0 Å². The van der Waals surface area contributed by atoms with E-state index >= 15 is 0 Å². The van der Waals surface area contributed by atoms with Gasteiger partial charge in [-0.25, -0.2) is 0 Å². The van der Waals surface area contributed by atoms with Gasteiger partial charge in [0.05, 0.1) is 4.88 Å². The summed E-state index contributed by atoms with van der Waals surface area (Å²) in [6, 6.07) is 2.10. The van der Waals surface area contributed by atoms with E-state index in [9.17, 15) is 4.79 Å². The number of rotatable bonds is 7. The topological polar surface area (TPSA) is 49.3 Å². The Morgan fingerprint density at radius 2 is 2.38 bits per heavy atom. The summed E-state index contributed by atoms with van der Waals surface area (Å²) < 4.78 is 0. The number of aliphatic hydroxyl groups excluding tert-OH is 1. The number of aryl methyl sites for hydroxylation is 1. The molecule has 2 atom stereocenters. The minimum absolute atomic E-state index is 0.0686. The highest BCUT2D eigenvalue weighted by atomic mass is 32.1. The molecule has 2 N–H and O–H groups in total. The lowest BCUT2D eigenvalue weighted by atomic mass is 9.87. The number of hydrogen-bond acceptors (Lipinski definition) is 3. The third kappa shape index (κ3) is 4.55. The third-order valence-corrected chi connectivity index (χ3v) is 5.69. The minimum atomic E-state index is 0.0686. The molecule has 0 spiro atoms. The van der Waals surface area contributed by atoms with Crippen LogP contribution in [0.25, 0.3) is 0 Å². The number of amides is 1. The Kier molecular flexibility index (Phi) is 6.24. The molecule has 2 rings (SSSR count). The molecule has 118 valence electrons. The van der Waals surface area contributed by atoms with Gasteiger partial charge < -0.3 is 10.4 Å². The molecule has 1 aromatic rings. The van der Waals surface area contributed by atoms with E-state index < -0.39 is 0 Å². The van der Waals surface area contributed by atoms with Crippen molar-refractivity contribution in [3.05, 3.63) is 21.4 Å². The molecule has 0 aromatic carbocycles. The van der Waals surface area contributed by atoms with E-state index in [0.717, 1.165) is 36.5 Å². The van der Waals surface area contributed by atoms with Gasteiger partial charge in [-0.05, 0) is 55.6 Å². The average Bonchev–Trinajstić information content (AvgIpc) is 2.93. The van der Waals surface area contributed by atoms with Crippen molar-refractivity contribution in [1.29, 1.82) is 0 Å². The van der Waals surface area contributed by atoms with E-state index in [4.69, 9.17) is 5.11 Å². The maximum Gasteiger partial charge on any atom is 0.261 e. The van der Waals surface area contributed by atoms with E-state index in [1.54, 1.807) is 11.3 Å². The molecule has 0 bridgehead atoms. The van der Waals surface area contributed by atoms with Crippen LogP contribution in [0.15, 0.2) is 6.07 Å². The zero-order chi connectivity index (χ0) is 15.2. The Labute approximate surface area is 131 Å². The second-order valence-corrected chi connectivity index (χ2v) is 7.40. The zero-order valence-corrected chi connectivity index (χ0v) is 14.0. The van der Waals surface area contributed by atoms with Gasteiger partial charge in [0, 0.05) is 18.0 Å². The number of nitrogens with one attached hydrogen (secondary N) is 1. The molecule has 1 aliphatic carbocycles. The first-order valence-electron chi connectivity index (χ1n) is 8.14. The normalized spacial score (nSPS) is 19.1. The van der Waals surface area contributed by atoms with E-state index in [-0.39, 0.29) is 12.5 Å². The fourth-order valence-electron chi connectivity index (χ4n) is 2.89. The monoisotopic (exact) mass is 309 g/mol. The number of aliphatic hydroxyl groups is 1. The summed E-state index contributed by atoms with van der Waals surface area (Å²) in [6.45, 7) is 5.20. The summed E-state index contributed by atoms with van der Waals surface area (Å²) in [5.74, 6) is 1.18. The molecular weight excluding hydrogens is 282 g/mol. The molecule has 0 saturated heterocycles. The fraction of sp³-hybridized carbons (Fsp3) is 0.706. The molecular formula is C17H27NO2S. The van der Waals surface area contributed by atoms with Gasteiger partial charge in [0.15, 0.2) is 0 Å². The van der Waals surface area contributed by atoms with Crippen LogP contribution < -0.4 is 5.32 Å². The number of hydrogen-bond donors (Lipinski definition) is 2. The van der Waals surface area contributed by atoms with Crippen LogP contribution in [-0.4, -0.2) is 24.2 Å². The van der Waals surface area contributed by atoms with Crippen molar-refractivity contribution in [1.82, 2.24) is 5.32 Å². The van der Waals surface area contributed by atoms with Gasteiger partial charge in [0.2, 0.25) is 0 Å². The SMILES string of the molecule is CCC1CCc2sc(C(=O)NCCCC(C)CO)cc2C1. The van der Waals surface area contributed by atoms with E-state index in [2.05, 4.69) is 18.3 Å². The van der Waals surface area contributed by atoms with Crippen molar-refractivity contribution in [3.63, 3.8) is 0 Å². The predicted molar refractivity (Wildman–Crippen MR) is 87.9 cm³/mol. The van der Waals surface area contributed by atoms with Crippen LogP contribution >= 0.6 is 11.3 Å². The highest BCUT2D eigenvalue weighted by molar-refractivity contribution is 7.14. The van der Waals surface area contributed by atoms with Gasteiger partial charge in [-0.1, -0.05) is 20.3 Å². The zero-order valence-electron chi connectivity index (χ0n) is 13.2. The third-order valence-electron chi connectivity index (χ3n) is 4.46. The molecule has 21 heavy (non-hydrogen) atoms. The highest BCUT2D eigenvalue weighted by Crippen LogP contribution is 2.33. The molecule has 1 amide bonds. The predicted octanol–water partition coefficient (Wildman–Crippen LogP) is 3.40. The molecule has 0 aliphatic heterocycles. The lowest BCUT2D eigenvalue weighted by molar-refractivity contribution is 0.0956. The number of fused-ring (bicyclic) bond motifs is 1. The minimum Gasteiger partial charge on any atom is -0.396 e. The summed E-state index contributed by atoms with van der Waals surface area (Å²) in [6.07, 6.45) is 6.67. The molecule has 1 heterocycles. The Bertz CT molecular complexity index is 469. The lowest BCUT2D eigenvalue weighted by Gasteiger charge is -2.19. The van der Waals surface area contributed by atoms with E-state index in [1.165, 1.54) is 23.3 Å². The first-order chi connectivity index (χ1) is 10.1. The second-order valence-electron chi connectivity index (χ2n) is 6.26. The number of carbonyl (C=O) groups is 1. The summed E-state index contributed by atoms with van der Waals surface area (Å²) >= 11 is 1.67. The molecule has 2 unspecified atom stereocenters. The van der Waals surface area contributed by atoms with Crippen LogP contribution in [0.4, 0.5) is 0 Å². The van der Waals surface area contributed by atoms with Crippen molar-refractivity contribution >= 4 is 17.2 Å². The largest absolute Gasteiger partial charge is 0.396 e. The van der Waals surface area contributed by atoms with Crippen molar-refractivity contribution in [2.24, 2.45) is 11.8 Å². The van der Waals surface area contributed by atoms with Crippen LogP contribution in [0, 0.1) is 11.8 Å². The molecule has 4 heteroatoms. The van der Waals surface area contributed by atoms with Crippen LogP contribution in [0.1, 0.15) is 59.6 Å². The van der Waals surface area contributed by atoms with Crippen LogP contribution in [-0.2, 0) is 12.8 Å². The van der Waals surface area contributed by atoms with Crippen LogP contribution in [0.3, 0.4) is 0 Å². The first kappa shape index (κ1) is 16.5. The molecule has 0 fully saturated rings. The second kappa shape index (κ2) is 7.95. The Morgan fingerprint density at radius 3 is 3.10 bits per heavy atom.